The highest BCUT2D eigenvalue weighted by molar-refractivity contribution is 6.33. The summed E-state index contributed by atoms with van der Waals surface area (Å²) in [5.74, 6) is -0.177. The molecule has 2 rings (SSSR count). The minimum absolute atomic E-state index is 0.126. The molecule has 2 atom stereocenters. The summed E-state index contributed by atoms with van der Waals surface area (Å²) in [6.07, 6.45) is 4.71. The van der Waals surface area contributed by atoms with E-state index in [-0.39, 0.29) is 11.9 Å². The molecule has 0 spiro atoms. The molecule has 1 amide bonds. The van der Waals surface area contributed by atoms with E-state index in [9.17, 15) is 9.90 Å². The van der Waals surface area contributed by atoms with E-state index in [1.165, 1.54) is 6.20 Å². The van der Waals surface area contributed by atoms with Gasteiger partial charge in [-0.15, -0.1) is 0 Å². The summed E-state index contributed by atoms with van der Waals surface area (Å²) in [5, 5.41) is 10.4. The molecule has 19 heavy (non-hydrogen) atoms. The second kappa shape index (κ2) is 5.88. The fourth-order valence-corrected chi connectivity index (χ4v) is 2.86. The predicted octanol–water partition coefficient (Wildman–Crippen LogP) is 2.42. The van der Waals surface area contributed by atoms with Crippen LogP contribution < -0.4 is 0 Å². The third kappa shape index (κ3) is 3.07. The molecule has 104 valence electrons. The van der Waals surface area contributed by atoms with Gasteiger partial charge >= 0.3 is 0 Å². The first-order valence-electron chi connectivity index (χ1n) is 6.58. The Bertz CT molecular complexity index is 479. The molecule has 0 saturated heterocycles. The van der Waals surface area contributed by atoms with Gasteiger partial charge in [-0.1, -0.05) is 24.4 Å². The van der Waals surface area contributed by atoms with Crippen molar-refractivity contribution in [2.24, 2.45) is 0 Å². The maximum Gasteiger partial charge on any atom is 0.257 e. The number of halogens is 1. The predicted molar refractivity (Wildman–Crippen MR) is 74.3 cm³/mol. The van der Waals surface area contributed by atoms with E-state index in [1.54, 1.807) is 18.0 Å². The minimum atomic E-state index is -0.445. The van der Waals surface area contributed by atoms with E-state index in [1.807, 2.05) is 6.92 Å². The third-order valence-electron chi connectivity index (χ3n) is 3.73. The van der Waals surface area contributed by atoms with Gasteiger partial charge in [-0.25, -0.2) is 0 Å². The standard InChI is InChI=1S/C14H19ClN2O2/c1-9-7-11(15)10(8-16-9)14(19)17(2)12-5-3-4-6-13(12)18/h7-8,12-13,18H,3-6H2,1-2H3. The van der Waals surface area contributed by atoms with Crippen LogP contribution in [0, 0.1) is 6.92 Å². The lowest BCUT2D eigenvalue weighted by molar-refractivity contribution is 0.0268. The third-order valence-corrected chi connectivity index (χ3v) is 4.05. The molecule has 1 heterocycles. The number of nitrogens with zero attached hydrogens (tertiary/aromatic N) is 2. The monoisotopic (exact) mass is 282 g/mol. The van der Waals surface area contributed by atoms with Gasteiger partial charge in [0.25, 0.3) is 5.91 Å². The van der Waals surface area contributed by atoms with Crippen molar-refractivity contribution in [3.8, 4) is 0 Å². The first-order valence-corrected chi connectivity index (χ1v) is 6.96. The zero-order valence-electron chi connectivity index (χ0n) is 11.3. The van der Waals surface area contributed by atoms with Crippen molar-refractivity contribution in [2.45, 2.75) is 44.8 Å². The summed E-state index contributed by atoms with van der Waals surface area (Å²) < 4.78 is 0. The molecule has 0 bridgehead atoms. The molecular weight excluding hydrogens is 264 g/mol. The van der Waals surface area contributed by atoms with Crippen LogP contribution in [0.1, 0.15) is 41.7 Å². The van der Waals surface area contributed by atoms with Crippen molar-refractivity contribution in [3.63, 3.8) is 0 Å². The Kier molecular flexibility index (Phi) is 4.42. The lowest BCUT2D eigenvalue weighted by Crippen LogP contribution is -2.46. The summed E-state index contributed by atoms with van der Waals surface area (Å²) in [5.41, 5.74) is 1.18. The van der Waals surface area contributed by atoms with Crippen LogP contribution in [0.25, 0.3) is 0 Å². The molecule has 0 aromatic carbocycles. The molecular formula is C14H19ClN2O2. The van der Waals surface area contributed by atoms with Crippen LogP contribution in [0.15, 0.2) is 12.3 Å². The van der Waals surface area contributed by atoms with Gasteiger partial charge in [-0.3, -0.25) is 9.78 Å². The van der Waals surface area contributed by atoms with Crippen molar-refractivity contribution in [2.75, 3.05) is 7.05 Å². The van der Waals surface area contributed by atoms with Gasteiger partial charge in [-0.05, 0) is 25.8 Å². The average Bonchev–Trinajstić information content (AvgIpc) is 2.38. The molecule has 1 N–H and O–H groups in total. The van der Waals surface area contributed by atoms with Crippen molar-refractivity contribution in [3.05, 3.63) is 28.5 Å². The number of likely N-dealkylation sites (N-methyl/N-ethyl adjacent to an activating group) is 1. The number of carbonyl (C=O) groups is 1. The lowest BCUT2D eigenvalue weighted by Gasteiger charge is -2.35. The molecule has 0 radical (unpaired) electrons. The molecule has 5 heteroatoms. The van der Waals surface area contributed by atoms with Crippen LogP contribution in [0.5, 0.6) is 0 Å². The quantitative estimate of drug-likeness (QED) is 0.906. The van der Waals surface area contributed by atoms with Gasteiger partial charge in [-0.2, -0.15) is 0 Å². The Hall–Kier alpha value is -1.13. The number of aliphatic hydroxyl groups is 1. The van der Waals surface area contributed by atoms with E-state index in [4.69, 9.17) is 11.6 Å². The number of carbonyl (C=O) groups excluding carboxylic acids is 1. The molecule has 1 aliphatic carbocycles. The number of aromatic nitrogens is 1. The number of hydrogen-bond donors (Lipinski definition) is 1. The fraction of sp³-hybridized carbons (Fsp3) is 0.571. The van der Waals surface area contributed by atoms with Crippen LogP contribution >= 0.6 is 11.6 Å². The van der Waals surface area contributed by atoms with Gasteiger partial charge in [0.15, 0.2) is 0 Å². The molecule has 2 unspecified atom stereocenters. The van der Waals surface area contributed by atoms with Crippen LogP contribution in [0.2, 0.25) is 5.02 Å². The Morgan fingerprint density at radius 1 is 1.47 bits per heavy atom. The highest BCUT2D eigenvalue weighted by Crippen LogP contribution is 2.25. The summed E-state index contributed by atoms with van der Waals surface area (Å²) in [7, 11) is 1.72. The molecule has 1 saturated carbocycles. The van der Waals surface area contributed by atoms with Crippen LogP contribution in [-0.4, -0.2) is 40.1 Å². The first kappa shape index (κ1) is 14.3. The highest BCUT2D eigenvalue weighted by atomic mass is 35.5. The number of aryl methyl sites for hydroxylation is 1. The van der Waals surface area contributed by atoms with E-state index in [0.717, 1.165) is 31.4 Å². The average molecular weight is 283 g/mol. The second-order valence-corrected chi connectivity index (χ2v) is 5.55. The number of rotatable bonds is 2. The van der Waals surface area contributed by atoms with Crippen molar-refractivity contribution in [1.82, 2.24) is 9.88 Å². The number of aliphatic hydroxyl groups excluding tert-OH is 1. The van der Waals surface area contributed by atoms with Gasteiger partial charge < -0.3 is 10.0 Å². The van der Waals surface area contributed by atoms with E-state index >= 15 is 0 Å². The van der Waals surface area contributed by atoms with E-state index in [2.05, 4.69) is 4.98 Å². The maximum atomic E-state index is 12.4. The zero-order chi connectivity index (χ0) is 14.0. The Balaban J connectivity index is 2.18. The smallest absolute Gasteiger partial charge is 0.257 e. The number of hydrogen-bond acceptors (Lipinski definition) is 3. The maximum absolute atomic E-state index is 12.4. The molecule has 1 aromatic rings. The summed E-state index contributed by atoms with van der Waals surface area (Å²) in [6.45, 7) is 1.83. The second-order valence-electron chi connectivity index (χ2n) is 5.14. The summed E-state index contributed by atoms with van der Waals surface area (Å²) in [4.78, 5) is 18.1. The van der Waals surface area contributed by atoms with Crippen LogP contribution in [0.4, 0.5) is 0 Å². The highest BCUT2D eigenvalue weighted by Gasteiger charge is 2.30. The Morgan fingerprint density at radius 2 is 2.16 bits per heavy atom. The van der Waals surface area contributed by atoms with Crippen LogP contribution in [0.3, 0.4) is 0 Å². The topological polar surface area (TPSA) is 53.4 Å². The number of amides is 1. The first-order chi connectivity index (χ1) is 9.00. The van der Waals surface area contributed by atoms with Crippen molar-refractivity contribution < 1.29 is 9.90 Å². The van der Waals surface area contributed by atoms with Gasteiger partial charge in [0.1, 0.15) is 0 Å². The van der Waals surface area contributed by atoms with E-state index in [0.29, 0.717) is 10.6 Å². The minimum Gasteiger partial charge on any atom is -0.391 e. The normalized spacial score (nSPS) is 23.2. The fourth-order valence-electron chi connectivity index (χ4n) is 2.57. The van der Waals surface area contributed by atoms with Gasteiger partial charge in [0.2, 0.25) is 0 Å². The molecule has 4 nitrogen and oxygen atoms in total. The van der Waals surface area contributed by atoms with Crippen molar-refractivity contribution >= 4 is 17.5 Å². The Morgan fingerprint density at radius 3 is 2.79 bits per heavy atom. The Labute approximate surface area is 118 Å². The zero-order valence-corrected chi connectivity index (χ0v) is 12.0. The SMILES string of the molecule is Cc1cc(Cl)c(C(=O)N(C)C2CCCCC2O)cn1. The largest absolute Gasteiger partial charge is 0.391 e. The number of pyridine rings is 1. The molecule has 1 aromatic heterocycles. The van der Waals surface area contributed by atoms with E-state index < -0.39 is 6.10 Å². The molecule has 1 fully saturated rings. The van der Waals surface area contributed by atoms with Gasteiger partial charge in [0.05, 0.1) is 22.7 Å². The van der Waals surface area contributed by atoms with Gasteiger partial charge in [0, 0.05) is 18.9 Å². The molecule has 0 aliphatic heterocycles. The van der Waals surface area contributed by atoms with Crippen LogP contribution in [-0.2, 0) is 0 Å². The molecule has 1 aliphatic rings. The summed E-state index contributed by atoms with van der Waals surface area (Å²) in [6, 6.07) is 1.55. The summed E-state index contributed by atoms with van der Waals surface area (Å²) >= 11 is 6.09. The lowest BCUT2D eigenvalue weighted by atomic mass is 9.91. The van der Waals surface area contributed by atoms with Crippen molar-refractivity contribution in [1.29, 1.82) is 0 Å².